The fourth-order valence-corrected chi connectivity index (χ4v) is 3.37. The average Bonchev–Trinajstić information content (AvgIpc) is 3.08. The van der Waals surface area contributed by atoms with E-state index in [0.717, 1.165) is 38.6 Å². The van der Waals surface area contributed by atoms with Crippen molar-refractivity contribution >= 4 is 5.78 Å². The molecule has 0 aromatic carbocycles. The third-order valence-corrected chi connectivity index (χ3v) is 4.85. The predicted octanol–water partition coefficient (Wildman–Crippen LogP) is -0.900. The van der Waals surface area contributed by atoms with Gasteiger partial charge in [-0.1, -0.05) is 12.8 Å². The molecule has 7 nitrogen and oxygen atoms in total. The molecule has 0 aromatic heterocycles. The number of rotatable bonds is 8. The molecule has 2 fully saturated rings. The van der Waals surface area contributed by atoms with Crippen LogP contribution in [-0.4, -0.2) is 75.9 Å². The molecule has 2 saturated heterocycles. The van der Waals surface area contributed by atoms with Crippen LogP contribution in [0.2, 0.25) is 0 Å². The van der Waals surface area contributed by atoms with Gasteiger partial charge in [0.2, 0.25) is 0 Å². The van der Waals surface area contributed by atoms with Crippen molar-refractivity contribution in [3.8, 4) is 0 Å². The molecule has 0 aliphatic carbocycles. The standard InChI is InChI=1S/C16H29NO6/c18-9-13-15(21)16(22)14(20)12(23-13)7-3-1-2-6-11(19)10-5-4-8-17-10/h10,12-18,20-22H,1-9H2. The van der Waals surface area contributed by atoms with Crippen LogP contribution in [0.5, 0.6) is 0 Å². The van der Waals surface area contributed by atoms with E-state index in [1.165, 1.54) is 0 Å². The van der Waals surface area contributed by atoms with Gasteiger partial charge in [-0.15, -0.1) is 0 Å². The molecule has 23 heavy (non-hydrogen) atoms. The third-order valence-electron chi connectivity index (χ3n) is 4.85. The lowest BCUT2D eigenvalue weighted by Crippen LogP contribution is -2.58. The zero-order valence-electron chi connectivity index (χ0n) is 13.4. The number of unbranched alkanes of at least 4 members (excludes halogenated alkanes) is 2. The van der Waals surface area contributed by atoms with E-state index in [9.17, 15) is 20.1 Å². The third kappa shape index (κ3) is 4.95. The lowest BCUT2D eigenvalue weighted by atomic mass is 9.92. The van der Waals surface area contributed by atoms with Crippen molar-refractivity contribution in [2.45, 2.75) is 81.5 Å². The summed E-state index contributed by atoms with van der Waals surface area (Å²) in [6.07, 6.45) is 0.281. The number of nitrogens with one attached hydrogen (secondary N) is 1. The topological polar surface area (TPSA) is 119 Å². The summed E-state index contributed by atoms with van der Waals surface area (Å²) in [5.41, 5.74) is 0. The van der Waals surface area contributed by atoms with E-state index >= 15 is 0 Å². The van der Waals surface area contributed by atoms with Crippen LogP contribution >= 0.6 is 0 Å². The Hall–Kier alpha value is -0.570. The summed E-state index contributed by atoms with van der Waals surface area (Å²) in [6, 6.07) is 0.0282. The first-order valence-electron chi connectivity index (χ1n) is 8.61. The van der Waals surface area contributed by atoms with Gasteiger partial charge < -0.3 is 30.5 Å². The fourth-order valence-electron chi connectivity index (χ4n) is 3.37. The molecule has 2 heterocycles. The van der Waals surface area contributed by atoms with Crippen LogP contribution in [0.1, 0.15) is 44.9 Å². The highest BCUT2D eigenvalue weighted by molar-refractivity contribution is 5.84. The van der Waals surface area contributed by atoms with E-state index in [0.29, 0.717) is 12.8 Å². The van der Waals surface area contributed by atoms with Crippen LogP contribution in [0.15, 0.2) is 0 Å². The number of ether oxygens (including phenoxy) is 1. The van der Waals surface area contributed by atoms with Crippen molar-refractivity contribution in [1.29, 1.82) is 0 Å². The molecule has 0 saturated carbocycles. The molecule has 2 aliphatic heterocycles. The SMILES string of the molecule is O=C(CCCCCC1OC(CO)C(O)C(O)C1O)C1CCCN1. The molecule has 2 aliphatic rings. The molecule has 6 atom stereocenters. The maximum Gasteiger partial charge on any atom is 0.149 e. The molecule has 0 amide bonds. The van der Waals surface area contributed by atoms with Gasteiger partial charge in [-0.25, -0.2) is 0 Å². The Bertz CT molecular complexity index is 372. The number of carbonyl (C=O) groups excluding carboxylic acids is 1. The van der Waals surface area contributed by atoms with Gasteiger partial charge in [-0.3, -0.25) is 4.79 Å². The Labute approximate surface area is 136 Å². The highest BCUT2D eigenvalue weighted by atomic mass is 16.5. The Kier molecular flexibility index (Phi) is 7.39. The van der Waals surface area contributed by atoms with E-state index in [4.69, 9.17) is 9.84 Å². The zero-order valence-corrected chi connectivity index (χ0v) is 13.4. The molecule has 2 rings (SSSR count). The Morgan fingerprint density at radius 3 is 2.43 bits per heavy atom. The van der Waals surface area contributed by atoms with Crippen LogP contribution in [0.25, 0.3) is 0 Å². The number of carbonyl (C=O) groups is 1. The number of hydrogen-bond donors (Lipinski definition) is 5. The van der Waals surface area contributed by atoms with Crippen molar-refractivity contribution in [3.05, 3.63) is 0 Å². The lowest BCUT2D eigenvalue weighted by Gasteiger charge is -2.40. The van der Waals surface area contributed by atoms with Crippen LogP contribution in [0.4, 0.5) is 0 Å². The number of aliphatic hydroxyl groups excluding tert-OH is 4. The molecule has 7 heteroatoms. The molecule has 0 spiro atoms. The minimum absolute atomic E-state index is 0.0282. The Morgan fingerprint density at radius 1 is 1.04 bits per heavy atom. The summed E-state index contributed by atoms with van der Waals surface area (Å²) >= 11 is 0. The second-order valence-electron chi connectivity index (χ2n) is 6.58. The maximum atomic E-state index is 11.9. The molecule has 0 bridgehead atoms. The van der Waals surface area contributed by atoms with Crippen LogP contribution in [-0.2, 0) is 9.53 Å². The minimum atomic E-state index is -1.30. The van der Waals surface area contributed by atoms with Gasteiger partial charge >= 0.3 is 0 Å². The summed E-state index contributed by atoms with van der Waals surface area (Å²) in [5.74, 6) is 0.273. The van der Waals surface area contributed by atoms with E-state index in [-0.39, 0.29) is 11.8 Å². The fraction of sp³-hybridized carbons (Fsp3) is 0.938. The molecule has 5 N–H and O–H groups in total. The lowest BCUT2D eigenvalue weighted by molar-refractivity contribution is -0.230. The van der Waals surface area contributed by atoms with Gasteiger partial charge in [0.15, 0.2) is 0 Å². The van der Waals surface area contributed by atoms with Gasteiger partial charge in [-0.2, -0.15) is 0 Å². The highest BCUT2D eigenvalue weighted by Gasteiger charge is 2.42. The quantitative estimate of drug-likeness (QED) is 0.366. The molecule has 0 radical (unpaired) electrons. The number of hydrogen-bond acceptors (Lipinski definition) is 7. The average molecular weight is 331 g/mol. The summed E-state index contributed by atoms with van der Waals surface area (Å²) < 4.78 is 5.45. The number of Topliss-reactive ketones (excluding diaryl/α,β-unsaturated/α-hetero) is 1. The normalized spacial score (nSPS) is 37.9. The van der Waals surface area contributed by atoms with Crippen LogP contribution in [0, 0.1) is 0 Å². The molecular weight excluding hydrogens is 302 g/mol. The van der Waals surface area contributed by atoms with Crippen molar-refractivity contribution in [1.82, 2.24) is 5.32 Å². The molecular formula is C16H29NO6. The first kappa shape index (κ1) is 18.8. The van der Waals surface area contributed by atoms with E-state index in [1.54, 1.807) is 0 Å². The predicted molar refractivity (Wildman–Crippen MR) is 82.9 cm³/mol. The van der Waals surface area contributed by atoms with Gasteiger partial charge in [0.25, 0.3) is 0 Å². The van der Waals surface area contributed by atoms with Gasteiger partial charge in [0, 0.05) is 6.42 Å². The van der Waals surface area contributed by atoms with Crippen LogP contribution < -0.4 is 5.32 Å². The van der Waals surface area contributed by atoms with E-state index < -0.39 is 37.1 Å². The van der Waals surface area contributed by atoms with E-state index in [2.05, 4.69) is 5.32 Å². The van der Waals surface area contributed by atoms with Crippen molar-refractivity contribution in [3.63, 3.8) is 0 Å². The summed E-state index contributed by atoms with van der Waals surface area (Å²) in [6.45, 7) is 0.526. The molecule has 6 unspecified atom stereocenters. The van der Waals surface area contributed by atoms with Gasteiger partial charge in [-0.05, 0) is 32.2 Å². The highest BCUT2D eigenvalue weighted by Crippen LogP contribution is 2.24. The smallest absolute Gasteiger partial charge is 0.149 e. The zero-order chi connectivity index (χ0) is 16.8. The molecule has 0 aromatic rings. The van der Waals surface area contributed by atoms with Gasteiger partial charge in [0.1, 0.15) is 30.2 Å². The monoisotopic (exact) mass is 331 g/mol. The second kappa shape index (κ2) is 9.05. The Morgan fingerprint density at radius 2 is 1.78 bits per heavy atom. The second-order valence-corrected chi connectivity index (χ2v) is 6.58. The van der Waals surface area contributed by atoms with Crippen molar-refractivity contribution in [2.24, 2.45) is 0 Å². The Balaban J connectivity index is 1.64. The summed E-state index contributed by atoms with van der Waals surface area (Å²) in [7, 11) is 0. The summed E-state index contributed by atoms with van der Waals surface area (Å²) in [5, 5.41) is 41.7. The van der Waals surface area contributed by atoms with Crippen LogP contribution in [0.3, 0.4) is 0 Å². The number of ketones is 1. The number of aliphatic hydroxyl groups is 4. The van der Waals surface area contributed by atoms with Crippen molar-refractivity contribution in [2.75, 3.05) is 13.2 Å². The minimum Gasteiger partial charge on any atom is -0.394 e. The van der Waals surface area contributed by atoms with Crippen molar-refractivity contribution < 1.29 is 30.0 Å². The summed E-state index contributed by atoms with van der Waals surface area (Å²) in [4.78, 5) is 11.9. The first-order valence-corrected chi connectivity index (χ1v) is 8.61. The maximum absolute atomic E-state index is 11.9. The van der Waals surface area contributed by atoms with E-state index in [1.807, 2.05) is 0 Å². The van der Waals surface area contributed by atoms with Gasteiger partial charge in [0.05, 0.1) is 18.8 Å². The molecule has 134 valence electrons. The first-order chi connectivity index (χ1) is 11.0. The largest absolute Gasteiger partial charge is 0.394 e.